The van der Waals surface area contributed by atoms with E-state index < -0.39 is 4.92 Å². The smallest absolute Gasteiger partial charge is 0.274 e. The first-order valence-electron chi connectivity index (χ1n) is 5.19. The molecule has 1 aromatic carbocycles. The maximum Gasteiger partial charge on any atom is 0.274 e. The molecule has 92 valence electrons. The van der Waals surface area contributed by atoms with Crippen molar-refractivity contribution in [2.24, 2.45) is 0 Å². The predicted octanol–water partition coefficient (Wildman–Crippen LogP) is 2.29. The summed E-state index contributed by atoms with van der Waals surface area (Å²) in [4.78, 5) is 20.6. The predicted molar refractivity (Wildman–Crippen MR) is 60.6 cm³/mol. The van der Waals surface area contributed by atoms with Gasteiger partial charge in [-0.3, -0.25) is 14.9 Å². The Hall–Kier alpha value is -2.11. The molecule has 0 saturated heterocycles. The monoisotopic (exact) mass is 239 g/mol. The molecular formula is C11H13NO5. The fourth-order valence-electron chi connectivity index (χ4n) is 1.25. The Morgan fingerprint density at radius 3 is 2.76 bits per heavy atom. The SMILES string of the molecule is CCCCOc1cc([N+](=O)[O-])cc(C=O)c1O. The van der Waals surface area contributed by atoms with Gasteiger partial charge in [0.05, 0.1) is 23.2 Å². The Balaban J connectivity index is 3.04. The summed E-state index contributed by atoms with van der Waals surface area (Å²) < 4.78 is 5.20. The summed E-state index contributed by atoms with van der Waals surface area (Å²) in [6.07, 6.45) is 2.02. The maximum absolute atomic E-state index is 10.6. The Kier molecular flexibility index (Phi) is 4.45. The lowest BCUT2D eigenvalue weighted by Crippen LogP contribution is -1.99. The van der Waals surface area contributed by atoms with E-state index in [2.05, 4.69) is 0 Å². The van der Waals surface area contributed by atoms with Crippen molar-refractivity contribution in [1.29, 1.82) is 0 Å². The molecule has 0 saturated carbocycles. The van der Waals surface area contributed by atoms with Crippen molar-refractivity contribution in [3.63, 3.8) is 0 Å². The molecule has 0 aliphatic carbocycles. The van der Waals surface area contributed by atoms with E-state index in [1.54, 1.807) is 0 Å². The van der Waals surface area contributed by atoms with E-state index in [0.717, 1.165) is 25.0 Å². The number of phenols is 1. The van der Waals surface area contributed by atoms with Crippen LogP contribution in [0.1, 0.15) is 30.1 Å². The summed E-state index contributed by atoms with van der Waals surface area (Å²) >= 11 is 0. The lowest BCUT2D eigenvalue weighted by molar-refractivity contribution is -0.385. The molecular weight excluding hydrogens is 226 g/mol. The minimum atomic E-state index is -0.640. The van der Waals surface area contributed by atoms with E-state index in [9.17, 15) is 20.0 Å². The van der Waals surface area contributed by atoms with Gasteiger partial charge in [0.25, 0.3) is 5.69 Å². The highest BCUT2D eigenvalue weighted by molar-refractivity contribution is 5.82. The molecule has 6 heteroatoms. The van der Waals surface area contributed by atoms with Crippen LogP contribution in [-0.2, 0) is 0 Å². The van der Waals surface area contributed by atoms with E-state index in [-0.39, 0.29) is 22.7 Å². The third kappa shape index (κ3) is 3.17. The summed E-state index contributed by atoms with van der Waals surface area (Å²) in [5.74, 6) is -0.392. The van der Waals surface area contributed by atoms with Crippen molar-refractivity contribution >= 4 is 12.0 Å². The number of hydrogen-bond donors (Lipinski definition) is 1. The van der Waals surface area contributed by atoms with Gasteiger partial charge in [0.1, 0.15) is 0 Å². The first-order valence-corrected chi connectivity index (χ1v) is 5.19. The number of aldehydes is 1. The quantitative estimate of drug-likeness (QED) is 0.356. The molecule has 0 spiro atoms. The number of phenolic OH excluding ortho intramolecular Hbond substituents is 1. The number of nitro groups is 1. The number of benzene rings is 1. The summed E-state index contributed by atoms with van der Waals surface area (Å²) in [5, 5.41) is 20.2. The average Bonchev–Trinajstić information content (AvgIpc) is 2.31. The summed E-state index contributed by atoms with van der Waals surface area (Å²) in [5.41, 5.74) is -0.429. The molecule has 6 nitrogen and oxygen atoms in total. The van der Waals surface area contributed by atoms with Gasteiger partial charge in [-0.2, -0.15) is 0 Å². The van der Waals surface area contributed by atoms with Gasteiger partial charge in [-0.15, -0.1) is 0 Å². The molecule has 1 rings (SSSR count). The van der Waals surface area contributed by atoms with Crippen molar-refractivity contribution in [1.82, 2.24) is 0 Å². The number of rotatable bonds is 6. The molecule has 0 aliphatic heterocycles. The van der Waals surface area contributed by atoms with E-state index in [1.807, 2.05) is 6.92 Å². The first-order chi connectivity index (χ1) is 8.10. The zero-order chi connectivity index (χ0) is 12.8. The summed E-state index contributed by atoms with van der Waals surface area (Å²) in [6.45, 7) is 2.30. The molecule has 0 radical (unpaired) electrons. The van der Waals surface area contributed by atoms with Crippen molar-refractivity contribution in [3.05, 3.63) is 27.8 Å². The normalized spacial score (nSPS) is 9.94. The third-order valence-electron chi connectivity index (χ3n) is 2.18. The number of nitro benzene ring substituents is 1. The van der Waals surface area contributed by atoms with Gasteiger partial charge in [0, 0.05) is 6.07 Å². The molecule has 0 unspecified atom stereocenters. The van der Waals surface area contributed by atoms with Gasteiger partial charge < -0.3 is 9.84 Å². The molecule has 0 aliphatic rings. The van der Waals surface area contributed by atoms with Crippen LogP contribution in [0.2, 0.25) is 0 Å². The Morgan fingerprint density at radius 2 is 2.24 bits per heavy atom. The van der Waals surface area contributed by atoms with Crippen LogP contribution in [-0.4, -0.2) is 22.9 Å². The van der Waals surface area contributed by atoms with Crippen LogP contribution in [0, 0.1) is 10.1 Å². The van der Waals surface area contributed by atoms with E-state index in [4.69, 9.17) is 4.74 Å². The highest BCUT2D eigenvalue weighted by Gasteiger charge is 2.16. The van der Waals surface area contributed by atoms with Crippen LogP contribution >= 0.6 is 0 Å². The van der Waals surface area contributed by atoms with Crippen LogP contribution in [0.25, 0.3) is 0 Å². The number of unbranched alkanes of at least 4 members (excludes halogenated alkanes) is 1. The molecule has 0 amide bonds. The minimum absolute atomic E-state index is 0.0326. The number of ether oxygens (including phenoxy) is 1. The van der Waals surface area contributed by atoms with Crippen LogP contribution < -0.4 is 4.74 Å². The van der Waals surface area contributed by atoms with E-state index >= 15 is 0 Å². The third-order valence-corrected chi connectivity index (χ3v) is 2.18. The maximum atomic E-state index is 10.6. The number of hydrogen-bond acceptors (Lipinski definition) is 5. The zero-order valence-corrected chi connectivity index (χ0v) is 9.38. The lowest BCUT2D eigenvalue weighted by atomic mass is 10.2. The largest absolute Gasteiger partial charge is 0.504 e. The fourth-order valence-corrected chi connectivity index (χ4v) is 1.25. The highest BCUT2D eigenvalue weighted by Crippen LogP contribution is 2.33. The van der Waals surface area contributed by atoms with Crippen LogP contribution in [0.15, 0.2) is 12.1 Å². The van der Waals surface area contributed by atoms with E-state index in [1.165, 1.54) is 0 Å². The molecule has 0 heterocycles. The topological polar surface area (TPSA) is 89.7 Å². The number of carbonyl (C=O) groups is 1. The standard InChI is InChI=1S/C11H13NO5/c1-2-3-4-17-10-6-9(12(15)16)5-8(7-13)11(10)14/h5-7,14H,2-4H2,1H3. The molecule has 17 heavy (non-hydrogen) atoms. The zero-order valence-electron chi connectivity index (χ0n) is 9.38. The van der Waals surface area contributed by atoms with Crippen LogP contribution in [0.4, 0.5) is 5.69 Å². The van der Waals surface area contributed by atoms with Gasteiger partial charge in [-0.1, -0.05) is 13.3 Å². The van der Waals surface area contributed by atoms with Crippen molar-refractivity contribution in [3.8, 4) is 11.5 Å². The number of non-ortho nitro benzene ring substituents is 1. The van der Waals surface area contributed by atoms with Gasteiger partial charge in [-0.25, -0.2) is 0 Å². The first kappa shape index (κ1) is 13.0. The average molecular weight is 239 g/mol. The van der Waals surface area contributed by atoms with Crippen molar-refractivity contribution in [2.75, 3.05) is 6.61 Å². The van der Waals surface area contributed by atoms with E-state index in [0.29, 0.717) is 12.9 Å². The highest BCUT2D eigenvalue weighted by atomic mass is 16.6. The second-order valence-corrected chi connectivity index (χ2v) is 3.46. The number of nitrogens with zero attached hydrogens (tertiary/aromatic N) is 1. The Labute approximate surface area is 98.0 Å². The molecule has 0 atom stereocenters. The Morgan fingerprint density at radius 1 is 1.53 bits per heavy atom. The molecule has 1 N–H and O–H groups in total. The second-order valence-electron chi connectivity index (χ2n) is 3.46. The number of carbonyl (C=O) groups excluding carboxylic acids is 1. The Bertz CT molecular complexity index is 430. The van der Waals surface area contributed by atoms with Gasteiger partial charge in [-0.05, 0) is 6.42 Å². The van der Waals surface area contributed by atoms with Gasteiger partial charge in [0.15, 0.2) is 17.8 Å². The number of aromatic hydroxyl groups is 1. The lowest BCUT2D eigenvalue weighted by Gasteiger charge is -2.08. The summed E-state index contributed by atoms with van der Waals surface area (Å²) in [7, 11) is 0. The second kappa shape index (κ2) is 5.83. The van der Waals surface area contributed by atoms with Gasteiger partial charge >= 0.3 is 0 Å². The summed E-state index contributed by atoms with van der Waals surface area (Å²) in [6, 6.07) is 2.12. The van der Waals surface area contributed by atoms with Gasteiger partial charge in [0.2, 0.25) is 0 Å². The van der Waals surface area contributed by atoms with Crippen LogP contribution in [0.5, 0.6) is 11.5 Å². The van der Waals surface area contributed by atoms with Crippen molar-refractivity contribution in [2.45, 2.75) is 19.8 Å². The van der Waals surface area contributed by atoms with Crippen molar-refractivity contribution < 1.29 is 19.6 Å². The molecule has 0 bridgehead atoms. The van der Waals surface area contributed by atoms with Crippen LogP contribution in [0.3, 0.4) is 0 Å². The molecule has 0 aromatic heterocycles. The molecule has 1 aromatic rings. The minimum Gasteiger partial charge on any atom is -0.504 e. The molecule has 0 fully saturated rings. The fraction of sp³-hybridized carbons (Fsp3) is 0.364.